The van der Waals surface area contributed by atoms with Gasteiger partial charge in [-0.1, -0.05) is 32.0 Å². The highest BCUT2D eigenvalue weighted by Crippen LogP contribution is 2.27. The number of esters is 1. The molecule has 8 heteroatoms. The number of hydrogen-bond acceptors (Lipinski definition) is 5. The zero-order chi connectivity index (χ0) is 22.6. The smallest absolute Gasteiger partial charge is 0.338 e. The topological polar surface area (TPSA) is 84.0 Å². The van der Waals surface area contributed by atoms with Crippen LogP contribution >= 0.6 is 0 Å². The maximum absolute atomic E-state index is 12.9. The van der Waals surface area contributed by atoms with Gasteiger partial charge >= 0.3 is 5.97 Å². The van der Waals surface area contributed by atoms with E-state index in [1.807, 2.05) is 24.3 Å². The Kier molecular flexibility index (Phi) is 7.12. The molecule has 0 spiro atoms. The summed E-state index contributed by atoms with van der Waals surface area (Å²) in [5.41, 5.74) is 2.15. The number of aryl methyl sites for hydroxylation is 1. The number of nitrogens with zero attached hydrogens (tertiary/aromatic N) is 2. The first-order chi connectivity index (χ1) is 14.8. The summed E-state index contributed by atoms with van der Waals surface area (Å²) in [5.74, 6) is -0.945. The number of benzene rings is 2. The lowest BCUT2D eigenvalue weighted by Crippen LogP contribution is -2.42. The van der Waals surface area contributed by atoms with Gasteiger partial charge in [-0.2, -0.15) is 4.31 Å². The lowest BCUT2D eigenvalue weighted by atomic mass is 10.0. The molecule has 0 bridgehead atoms. The van der Waals surface area contributed by atoms with Crippen LogP contribution in [0.5, 0.6) is 0 Å². The number of anilines is 1. The van der Waals surface area contributed by atoms with Crippen molar-refractivity contribution in [1.29, 1.82) is 0 Å². The Bertz CT molecular complexity index is 1050. The average molecular weight is 445 g/mol. The van der Waals surface area contributed by atoms with Crippen LogP contribution < -0.4 is 4.90 Å². The van der Waals surface area contributed by atoms with Crippen molar-refractivity contribution in [3.8, 4) is 0 Å². The Hall–Kier alpha value is -2.71. The number of carbonyl (C=O) groups is 2. The van der Waals surface area contributed by atoms with E-state index in [9.17, 15) is 18.0 Å². The molecule has 0 aromatic heterocycles. The third-order valence-corrected chi connectivity index (χ3v) is 7.51. The minimum atomic E-state index is -3.60. The number of hydrogen-bond donors (Lipinski definition) is 0. The molecule has 31 heavy (non-hydrogen) atoms. The van der Waals surface area contributed by atoms with Crippen LogP contribution in [-0.4, -0.2) is 50.3 Å². The predicted octanol–water partition coefficient (Wildman–Crippen LogP) is 3.24. The largest absolute Gasteiger partial charge is 0.449 e. The van der Waals surface area contributed by atoms with Gasteiger partial charge in [0.05, 0.1) is 10.5 Å². The molecule has 2 aromatic rings. The van der Waals surface area contributed by atoms with Crippen molar-refractivity contribution in [3.05, 3.63) is 59.7 Å². The predicted molar refractivity (Wildman–Crippen MR) is 119 cm³/mol. The minimum Gasteiger partial charge on any atom is -0.449 e. The second kappa shape index (κ2) is 9.62. The van der Waals surface area contributed by atoms with Crippen LogP contribution in [0.25, 0.3) is 0 Å². The van der Waals surface area contributed by atoms with E-state index in [4.69, 9.17) is 4.74 Å². The van der Waals surface area contributed by atoms with E-state index in [1.54, 1.807) is 25.7 Å². The molecule has 2 aromatic carbocycles. The third-order valence-electron chi connectivity index (χ3n) is 5.44. The Morgan fingerprint density at radius 1 is 1.06 bits per heavy atom. The van der Waals surface area contributed by atoms with Gasteiger partial charge in [0.25, 0.3) is 5.91 Å². The van der Waals surface area contributed by atoms with Crippen LogP contribution in [0, 0.1) is 0 Å². The van der Waals surface area contributed by atoms with Gasteiger partial charge in [0.2, 0.25) is 10.0 Å². The summed E-state index contributed by atoms with van der Waals surface area (Å²) in [4.78, 5) is 27.2. The third kappa shape index (κ3) is 4.80. The zero-order valence-electron chi connectivity index (χ0n) is 18.1. The van der Waals surface area contributed by atoms with E-state index in [2.05, 4.69) is 0 Å². The van der Waals surface area contributed by atoms with Gasteiger partial charge in [0, 0.05) is 25.3 Å². The molecule has 1 amide bonds. The number of para-hydroxylation sites is 1. The second-order valence-corrected chi connectivity index (χ2v) is 9.32. The molecule has 1 atom stereocenters. The first kappa shape index (κ1) is 23.0. The van der Waals surface area contributed by atoms with Crippen LogP contribution in [0.15, 0.2) is 53.4 Å². The summed E-state index contributed by atoms with van der Waals surface area (Å²) >= 11 is 0. The number of carbonyl (C=O) groups excluding carboxylic acids is 2. The Morgan fingerprint density at radius 3 is 2.35 bits per heavy atom. The molecular formula is C23H28N2O5S. The van der Waals surface area contributed by atoms with Crippen LogP contribution in [0.2, 0.25) is 0 Å². The summed E-state index contributed by atoms with van der Waals surface area (Å²) in [7, 11) is -3.60. The van der Waals surface area contributed by atoms with Gasteiger partial charge in [-0.3, -0.25) is 4.79 Å². The maximum atomic E-state index is 12.9. The summed E-state index contributed by atoms with van der Waals surface area (Å²) in [6.07, 6.45) is 0.806. The molecular weight excluding hydrogens is 416 g/mol. The number of rotatable bonds is 7. The van der Waals surface area contributed by atoms with Crippen molar-refractivity contribution in [3.63, 3.8) is 0 Å². The Labute approximate surface area is 183 Å². The van der Waals surface area contributed by atoms with Crippen LogP contribution in [0.4, 0.5) is 5.69 Å². The molecule has 0 saturated heterocycles. The van der Waals surface area contributed by atoms with E-state index in [-0.39, 0.29) is 16.4 Å². The second-order valence-electron chi connectivity index (χ2n) is 7.38. The van der Waals surface area contributed by atoms with Gasteiger partial charge in [-0.15, -0.1) is 0 Å². The van der Waals surface area contributed by atoms with Crippen molar-refractivity contribution in [2.75, 3.05) is 24.5 Å². The minimum absolute atomic E-state index is 0.113. The van der Waals surface area contributed by atoms with Crippen LogP contribution in [-0.2, 0) is 26.0 Å². The Balaban J connectivity index is 1.70. The molecule has 166 valence electrons. The van der Waals surface area contributed by atoms with E-state index >= 15 is 0 Å². The van der Waals surface area contributed by atoms with Crippen LogP contribution in [0.1, 0.15) is 43.1 Å². The average Bonchev–Trinajstić information content (AvgIpc) is 2.78. The normalized spacial score (nSPS) is 14.8. The number of ether oxygens (including phenoxy) is 1. The molecule has 1 aliphatic heterocycles. The molecule has 0 radical (unpaired) electrons. The van der Waals surface area contributed by atoms with Crippen molar-refractivity contribution in [2.45, 2.75) is 44.6 Å². The van der Waals surface area contributed by atoms with Gasteiger partial charge in [0.1, 0.15) is 0 Å². The van der Waals surface area contributed by atoms with Gasteiger partial charge in [-0.25, -0.2) is 13.2 Å². The van der Waals surface area contributed by atoms with Crippen molar-refractivity contribution < 1.29 is 22.7 Å². The molecule has 0 fully saturated rings. The summed E-state index contributed by atoms with van der Waals surface area (Å²) < 4.78 is 31.9. The molecule has 0 N–H and O–H groups in total. The molecule has 3 rings (SSSR count). The van der Waals surface area contributed by atoms with E-state index < -0.39 is 22.1 Å². The SMILES string of the molecule is CCN(CC)S(=O)(=O)c1ccc(C(=O)OC(C)C(=O)N2CCCc3ccccc32)cc1. The summed E-state index contributed by atoms with van der Waals surface area (Å²) in [6.45, 7) is 6.40. The lowest BCUT2D eigenvalue weighted by Gasteiger charge is -2.31. The van der Waals surface area contributed by atoms with Gasteiger partial charge in [-0.05, 0) is 55.7 Å². The Morgan fingerprint density at radius 2 is 1.71 bits per heavy atom. The summed E-state index contributed by atoms with van der Waals surface area (Å²) in [5, 5.41) is 0. The van der Waals surface area contributed by atoms with Gasteiger partial charge < -0.3 is 9.64 Å². The fraction of sp³-hybridized carbons (Fsp3) is 0.391. The molecule has 1 aliphatic rings. The number of sulfonamides is 1. The quantitative estimate of drug-likeness (QED) is 0.612. The molecule has 7 nitrogen and oxygen atoms in total. The highest BCUT2D eigenvalue weighted by Gasteiger charge is 2.29. The lowest BCUT2D eigenvalue weighted by molar-refractivity contribution is -0.126. The first-order valence-electron chi connectivity index (χ1n) is 10.5. The zero-order valence-corrected chi connectivity index (χ0v) is 18.9. The summed E-state index contributed by atoms with van der Waals surface area (Å²) in [6, 6.07) is 13.3. The molecule has 1 heterocycles. The molecule has 1 unspecified atom stereocenters. The van der Waals surface area contributed by atoms with Crippen LogP contribution in [0.3, 0.4) is 0 Å². The van der Waals surface area contributed by atoms with E-state index in [1.165, 1.54) is 28.6 Å². The fourth-order valence-electron chi connectivity index (χ4n) is 3.74. The molecule has 0 aliphatic carbocycles. The van der Waals surface area contributed by atoms with E-state index in [0.29, 0.717) is 19.6 Å². The molecule has 0 saturated carbocycles. The van der Waals surface area contributed by atoms with E-state index in [0.717, 1.165) is 24.1 Å². The van der Waals surface area contributed by atoms with Crippen molar-refractivity contribution >= 4 is 27.6 Å². The van der Waals surface area contributed by atoms with Crippen molar-refractivity contribution in [1.82, 2.24) is 4.31 Å². The monoisotopic (exact) mass is 444 g/mol. The number of amides is 1. The standard InChI is InChI=1S/C23H28N2O5S/c1-4-24(5-2)31(28,29)20-14-12-19(13-15-20)23(27)30-17(3)22(26)25-16-8-10-18-9-6-7-11-21(18)25/h6-7,9,11-15,17H,4-5,8,10,16H2,1-3H3. The number of fused-ring (bicyclic) bond motifs is 1. The highest BCUT2D eigenvalue weighted by molar-refractivity contribution is 7.89. The highest BCUT2D eigenvalue weighted by atomic mass is 32.2. The fourth-order valence-corrected chi connectivity index (χ4v) is 5.19. The maximum Gasteiger partial charge on any atom is 0.338 e. The van der Waals surface area contributed by atoms with Gasteiger partial charge in [0.15, 0.2) is 6.10 Å². The first-order valence-corrected chi connectivity index (χ1v) is 11.9. The van der Waals surface area contributed by atoms with Crippen molar-refractivity contribution in [2.24, 2.45) is 0 Å².